The molecule has 0 aromatic heterocycles. The molecular formula is C19H23ClN2O4S2. The number of aryl methyl sites for hydroxylation is 1. The van der Waals surface area contributed by atoms with Gasteiger partial charge in [0.25, 0.3) is 10.0 Å². The molecule has 0 amide bonds. The Morgan fingerprint density at radius 3 is 2.50 bits per heavy atom. The van der Waals surface area contributed by atoms with Crippen LogP contribution in [0.3, 0.4) is 0 Å². The Bertz CT molecular complexity index is 1100. The van der Waals surface area contributed by atoms with Crippen molar-refractivity contribution in [3.8, 4) is 0 Å². The molecule has 2 aromatic carbocycles. The van der Waals surface area contributed by atoms with Crippen molar-refractivity contribution in [1.82, 2.24) is 4.31 Å². The van der Waals surface area contributed by atoms with Gasteiger partial charge in [-0.3, -0.25) is 4.72 Å². The van der Waals surface area contributed by atoms with Crippen molar-refractivity contribution in [1.29, 1.82) is 0 Å². The first kappa shape index (κ1) is 21.1. The highest BCUT2D eigenvalue weighted by Gasteiger charge is 2.26. The minimum absolute atomic E-state index is 0.0768. The molecule has 3 rings (SSSR count). The van der Waals surface area contributed by atoms with Gasteiger partial charge in [0, 0.05) is 23.8 Å². The molecule has 0 bridgehead atoms. The number of nitrogens with zero attached hydrogens (tertiary/aromatic N) is 1. The van der Waals surface area contributed by atoms with Gasteiger partial charge in [-0.2, -0.15) is 4.31 Å². The summed E-state index contributed by atoms with van der Waals surface area (Å²) in [6.07, 6.45) is 1.17. The number of hydrogen-bond donors (Lipinski definition) is 1. The van der Waals surface area contributed by atoms with Crippen molar-refractivity contribution in [3.05, 3.63) is 58.1 Å². The Kier molecular flexibility index (Phi) is 6.05. The maximum absolute atomic E-state index is 12.7. The van der Waals surface area contributed by atoms with E-state index in [-0.39, 0.29) is 17.2 Å². The zero-order chi connectivity index (χ0) is 20.5. The maximum Gasteiger partial charge on any atom is 0.261 e. The number of fused-ring (bicyclic) bond motifs is 1. The van der Waals surface area contributed by atoms with Crippen LogP contribution in [0.5, 0.6) is 0 Å². The first-order valence-corrected chi connectivity index (χ1v) is 12.5. The van der Waals surface area contributed by atoms with Crippen molar-refractivity contribution >= 4 is 37.3 Å². The van der Waals surface area contributed by atoms with Gasteiger partial charge < -0.3 is 0 Å². The summed E-state index contributed by atoms with van der Waals surface area (Å²) in [4.78, 5) is 0.0768. The highest BCUT2D eigenvalue weighted by atomic mass is 35.5. The second kappa shape index (κ2) is 8.02. The topological polar surface area (TPSA) is 83.6 Å². The van der Waals surface area contributed by atoms with Crippen molar-refractivity contribution in [2.45, 2.75) is 38.1 Å². The smallest absolute Gasteiger partial charge is 0.261 e. The van der Waals surface area contributed by atoms with Gasteiger partial charge in [0.15, 0.2) is 0 Å². The standard InChI is InChI=1S/C19H23ClN2O4S2/c1-3-10-27(23,24)22-9-8-15-5-6-17(11-16(15)13-22)21-28(25,26)18-7-4-14(2)19(20)12-18/h4-7,11-12,21H,3,8-10,13H2,1-2H3. The van der Waals surface area contributed by atoms with Crippen molar-refractivity contribution in [2.75, 3.05) is 17.0 Å². The Morgan fingerprint density at radius 2 is 1.82 bits per heavy atom. The van der Waals surface area contributed by atoms with Gasteiger partial charge >= 0.3 is 0 Å². The number of anilines is 1. The van der Waals surface area contributed by atoms with Crippen LogP contribution in [0.25, 0.3) is 0 Å². The normalized spacial score (nSPS) is 15.2. The van der Waals surface area contributed by atoms with Gasteiger partial charge in [-0.05, 0) is 60.7 Å². The Hall–Kier alpha value is -1.61. The van der Waals surface area contributed by atoms with E-state index in [4.69, 9.17) is 11.6 Å². The molecule has 0 saturated heterocycles. The van der Waals surface area contributed by atoms with Crippen molar-refractivity contribution in [3.63, 3.8) is 0 Å². The molecule has 9 heteroatoms. The third-order valence-electron chi connectivity index (χ3n) is 4.74. The monoisotopic (exact) mass is 442 g/mol. The molecule has 6 nitrogen and oxygen atoms in total. The van der Waals surface area contributed by atoms with Crippen molar-refractivity contribution < 1.29 is 16.8 Å². The fraction of sp³-hybridized carbons (Fsp3) is 0.368. The van der Waals surface area contributed by atoms with Crippen LogP contribution >= 0.6 is 11.6 Å². The summed E-state index contributed by atoms with van der Waals surface area (Å²) < 4.78 is 54.1. The van der Waals surface area contributed by atoms with Crippen molar-refractivity contribution in [2.24, 2.45) is 0 Å². The van der Waals surface area contributed by atoms with Crippen LogP contribution < -0.4 is 4.72 Å². The van der Waals surface area contributed by atoms with E-state index >= 15 is 0 Å². The Balaban J connectivity index is 1.85. The van der Waals surface area contributed by atoms with Gasteiger partial charge in [0.1, 0.15) is 0 Å². The van der Waals surface area contributed by atoms with E-state index in [0.717, 1.165) is 16.7 Å². The molecule has 0 spiro atoms. The fourth-order valence-corrected chi connectivity index (χ4v) is 5.97. The summed E-state index contributed by atoms with van der Waals surface area (Å²) in [6.45, 7) is 4.33. The number of sulfonamides is 2. The molecule has 2 aromatic rings. The average Bonchev–Trinajstić information content (AvgIpc) is 2.63. The molecule has 0 unspecified atom stereocenters. The molecular weight excluding hydrogens is 420 g/mol. The fourth-order valence-electron chi connectivity index (χ4n) is 3.17. The summed E-state index contributed by atoms with van der Waals surface area (Å²) in [5.41, 5.74) is 3.03. The zero-order valence-corrected chi connectivity index (χ0v) is 18.2. The molecule has 1 aliphatic rings. The van der Waals surface area contributed by atoms with E-state index in [0.29, 0.717) is 30.1 Å². The van der Waals surface area contributed by atoms with Gasteiger partial charge in [0.2, 0.25) is 10.0 Å². The second-order valence-electron chi connectivity index (χ2n) is 6.90. The third kappa shape index (κ3) is 4.51. The van der Waals surface area contributed by atoms with E-state index < -0.39 is 20.0 Å². The first-order chi connectivity index (χ1) is 13.1. The highest BCUT2D eigenvalue weighted by Crippen LogP contribution is 2.27. The van der Waals surface area contributed by atoms with E-state index in [9.17, 15) is 16.8 Å². The molecule has 0 saturated carbocycles. The van der Waals surface area contributed by atoms with E-state index in [1.54, 1.807) is 25.1 Å². The van der Waals surface area contributed by atoms with Crippen LogP contribution in [0.2, 0.25) is 5.02 Å². The molecule has 28 heavy (non-hydrogen) atoms. The van der Waals surface area contributed by atoms with Crippen LogP contribution in [0, 0.1) is 6.92 Å². The largest absolute Gasteiger partial charge is 0.280 e. The molecule has 0 aliphatic carbocycles. The van der Waals surface area contributed by atoms with Crippen LogP contribution in [0.15, 0.2) is 41.3 Å². The lowest BCUT2D eigenvalue weighted by atomic mass is 10.0. The molecule has 1 N–H and O–H groups in total. The number of hydrogen-bond acceptors (Lipinski definition) is 4. The number of halogens is 1. The minimum atomic E-state index is -3.80. The zero-order valence-electron chi connectivity index (χ0n) is 15.8. The highest BCUT2D eigenvalue weighted by molar-refractivity contribution is 7.92. The SMILES string of the molecule is CCCS(=O)(=O)N1CCc2ccc(NS(=O)(=O)c3ccc(C)c(Cl)c3)cc2C1. The van der Waals surface area contributed by atoms with Crippen LogP contribution in [-0.2, 0) is 33.0 Å². The average molecular weight is 443 g/mol. The van der Waals surface area contributed by atoms with Crippen LogP contribution in [0.1, 0.15) is 30.0 Å². The predicted octanol–water partition coefficient (Wildman–Crippen LogP) is 3.55. The maximum atomic E-state index is 12.7. The van der Waals surface area contributed by atoms with Gasteiger partial charge in [-0.1, -0.05) is 30.7 Å². The van der Waals surface area contributed by atoms with Gasteiger partial charge in [-0.15, -0.1) is 0 Å². The summed E-state index contributed by atoms with van der Waals surface area (Å²) >= 11 is 6.05. The summed E-state index contributed by atoms with van der Waals surface area (Å²) in [7, 11) is -7.09. The minimum Gasteiger partial charge on any atom is -0.280 e. The number of benzene rings is 2. The predicted molar refractivity (Wildman–Crippen MR) is 112 cm³/mol. The third-order valence-corrected chi connectivity index (χ3v) is 8.55. The van der Waals surface area contributed by atoms with Gasteiger partial charge in [0.05, 0.1) is 10.6 Å². The summed E-state index contributed by atoms with van der Waals surface area (Å²) in [5, 5.41) is 0.380. The lowest BCUT2D eigenvalue weighted by Crippen LogP contribution is -2.37. The molecule has 1 aliphatic heterocycles. The molecule has 152 valence electrons. The second-order valence-corrected chi connectivity index (χ2v) is 11.1. The number of rotatable bonds is 6. The van der Waals surface area contributed by atoms with E-state index in [2.05, 4.69) is 4.72 Å². The molecule has 0 atom stereocenters. The van der Waals surface area contributed by atoms with Crippen LogP contribution in [0.4, 0.5) is 5.69 Å². The lowest BCUT2D eigenvalue weighted by Gasteiger charge is -2.28. The summed E-state index contributed by atoms with van der Waals surface area (Å²) in [6, 6.07) is 9.82. The summed E-state index contributed by atoms with van der Waals surface area (Å²) in [5.74, 6) is 0.114. The Labute approximate surface area is 171 Å². The molecule has 1 heterocycles. The van der Waals surface area contributed by atoms with Gasteiger partial charge in [-0.25, -0.2) is 16.8 Å². The molecule has 0 radical (unpaired) electrons. The van der Waals surface area contributed by atoms with E-state index in [1.807, 2.05) is 13.0 Å². The number of nitrogens with one attached hydrogen (secondary N) is 1. The van der Waals surface area contributed by atoms with Crippen LogP contribution in [-0.4, -0.2) is 33.4 Å². The van der Waals surface area contributed by atoms with E-state index in [1.165, 1.54) is 16.4 Å². The Morgan fingerprint density at radius 1 is 1.07 bits per heavy atom. The quantitative estimate of drug-likeness (QED) is 0.741. The molecule has 0 fully saturated rings. The first-order valence-electron chi connectivity index (χ1n) is 9.01. The lowest BCUT2D eigenvalue weighted by molar-refractivity contribution is 0.391.